The molecule has 0 radical (unpaired) electrons. The van der Waals surface area contributed by atoms with Crippen LogP contribution in [0.1, 0.15) is 5.56 Å². The molecule has 2 rings (SSSR count). The molecule has 0 saturated heterocycles. The highest BCUT2D eigenvalue weighted by Crippen LogP contribution is 2.19. The van der Waals surface area contributed by atoms with E-state index in [9.17, 15) is 19.5 Å². The summed E-state index contributed by atoms with van der Waals surface area (Å²) in [4.78, 5) is 38.4. The fourth-order valence-corrected chi connectivity index (χ4v) is 1.59. The van der Waals surface area contributed by atoms with E-state index in [0.29, 0.717) is 0 Å². The summed E-state index contributed by atoms with van der Waals surface area (Å²) in [5.41, 5.74) is -1.86. The molecule has 16 heavy (non-hydrogen) atoms. The van der Waals surface area contributed by atoms with Crippen molar-refractivity contribution in [1.82, 2.24) is 14.5 Å². The first-order valence-corrected chi connectivity index (χ1v) is 4.48. The van der Waals surface area contributed by atoms with Gasteiger partial charge in [-0.3, -0.25) is 24.1 Å². The highest BCUT2D eigenvalue weighted by Gasteiger charge is 2.14. The maximum atomic E-state index is 11.6. The van der Waals surface area contributed by atoms with Crippen molar-refractivity contribution < 1.29 is 5.11 Å². The summed E-state index contributed by atoms with van der Waals surface area (Å²) >= 11 is 0. The minimum atomic E-state index is -0.727. The largest absolute Gasteiger partial charge is 0.506 e. The zero-order valence-corrected chi connectivity index (χ0v) is 8.62. The summed E-state index contributed by atoms with van der Waals surface area (Å²) in [7, 11) is 1.41. The number of aryl methyl sites for hydroxylation is 1. The molecular weight excluding hydrogens is 214 g/mol. The third-order valence-electron chi connectivity index (χ3n) is 2.48. The first kappa shape index (κ1) is 10.2. The number of nitrogens with zero attached hydrogens (tertiary/aromatic N) is 1. The van der Waals surface area contributed by atoms with E-state index in [-0.39, 0.29) is 16.6 Å². The van der Waals surface area contributed by atoms with Crippen LogP contribution in [0.15, 0.2) is 14.4 Å². The molecule has 0 amide bonds. The molecule has 2 heterocycles. The highest BCUT2D eigenvalue weighted by atomic mass is 16.3. The topological polar surface area (TPSA) is 108 Å². The Balaban J connectivity index is 3.28. The number of hydrogen-bond acceptors (Lipinski definition) is 4. The fraction of sp³-hybridized carbons (Fsp3) is 0.222. The predicted molar refractivity (Wildman–Crippen MR) is 56.8 cm³/mol. The molecule has 2 aromatic rings. The van der Waals surface area contributed by atoms with Crippen LogP contribution < -0.4 is 16.8 Å². The molecule has 7 heteroatoms. The van der Waals surface area contributed by atoms with Crippen LogP contribution in [0.3, 0.4) is 0 Å². The van der Waals surface area contributed by atoms with Gasteiger partial charge < -0.3 is 5.11 Å². The van der Waals surface area contributed by atoms with Gasteiger partial charge in [-0.2, -0.15) is 0 Å². The van der Waals surface area contributed by atoms with Crippen molar-refractivity contribution in [3.63, 3.8) is 0 Å². The van der Waals surface area contributed by atoms with Crippen molar-refractivity contribution in [1.29, 1.82) is 0 Å². The molecule has 0 atom stereocenters. The number of H-pyrrole nitrogens is 2. The van der Waals surface area contributed by atoms with Gasteiger partial charge in [0.25, 0.3) is 11.1 Å². The molecule has 0 fully saturated rings. The number of aromatic hydroxyl groups is 1. The Hall–Kier alpha value is -2.31. The normalized spacial score (nSPS) is 10.9. The lowest BCUT2D eigenvalue weighted by molar-refractivity contribution is 0.474. The minimum Gasteiger partial charge on any atom is -0.506 e. The first-order valence-electron chi connectivity index (χ1n) is 4.48. The Morgan fingerprint density at radius 3 is 2.44 bits per heavy atom. The molecular formula is C9H9N3O4. The SMILES string of the molecule is Cc1c(O)c2c(=O)[nH]c(=O)[nH]c2n(C)c1=O. The number of aromatic amines is 2. The Kier molecular flexibility index (Phi) is 1.97. The van der Waals surface area contributed by atoms with Crippen LogP contribution in [0.4, 0.5) is 0 Å². The number of fused-ring (bicyclic) bond motifs is 1. The van der Waals surface area contributed by atoms with E-state index in [4.69, 9.17) is 0 Å². The predicted octanol–water partition coefficient (Wildman–Crippen LogP) is -1.07. The number of pyridine rings is 1. The van der Waals surface area contributed by atoms with Crippen LogP contribution >= 0.6 is 0 Å². The van der Waals surface area contributed by atoms with Crippen LogP contribution in [0.2, 0.25) is 0 Å². The summed E-state index contributed by atoms with van der Waals surface area (Å²) in [5, 5.41) is 9.58. The number of nitrogens with one attached hydrogen (secondary N) is 2. The summed E-state index contributed by atoms with van der Waals surface area (Å²) in [6.45, 7) is 1.40. The van der Waals surface area contributed by atoms with E-state index in [1.54, 1.807) is 0 Å². The summed E-state index contributed by atoms with van der Waals surface area (Å²) in [6.07, 6.45) is 0. The lowest BCUT2D eigenvalue weighted by atomic mass is 10.2. The standard InChI is InChI=1S/C9H9N3O4/c1-3-5(13)4-6(12(2)8(3)15)10-9(16)11-7(4)14/h13H,1-2H3,(H2,10,11,14,16). The van der Waals surface area contributed by atoms with Crippen LogP contribution in [-0.4, -0.2) is 19.6 Å². The van der Waals surface area contributed by atoms with E-state index < -0.39 is 22.6 Å². The lowest BCUT2D eigenvalue weighted by Gasteiger charge is -2.07. The quantitative estimate of drug-likeness (QED) is 0.528. The Morgan fingerprint density at radius 1 is 1.19 bits per heavy atom. The smallest absolute Gasteiger partial charge is 0.327 e. The van der Waals surface area contributed by atoms with E-state index in [2.05, 4.69) is 4.98 Å². The zero-order valence-electron chi connectivity index (χ0n) is 8.62. The van der Waals surface area contributed by atoms with E-state index in [1.165, 1.54) is 14.0 Å². The van der Waals surface area contributed by atoms with Gasteiger partial charge in [0.2, 0.25) is 0 Å². The molecule has 0 aromatic carbocycles. The van der Waals surface area contributed by atoms with Crippen LogP contribution in [0.25, 0.3) is 11.0 Å². The first-order chi connectivity index (χ1) is 7.43. The molecule has 0 aliphatic heterocycles. The Labute approximate surface area is 88.0 Å². The summed E-state index contributed by atoms with van der Waals surface area (Å²) in [6, 6.07) is 0. The minimum absolute atomic E-state index is 0.00171. The second-order valence-electron chi connectivity index (χ2n) is 3.47. The third-order valence-corrected chi connectivity index (χ3v) is 2.48. The molecule has 0 spiro atoms. The molecule has 0 unspecified atom stereocenters. The average Bonchev–Trinajstić information content (AvgIpc) is 2.22. The van der Waals surface area contributed by atoms with Crippen LogP contribution in [0, 0.1) is 6.92 Å². The molecule has 3 N–H and O–H groups in total. The summed E-state index contributed by atoms with van der Waals surface area (Å²) in [5.74, 6) is -0.407. The molecule has 0 aliphatic rings. The molecule has 7 nitrogen and oxygen atoms in total. The molecule has 2 aromatic heterocycles. The zero-order chi connectivity index (χ0) is 12.0. The number of hydrogen-bond donors (Lipinski definition) is 3. The maximum Gasteiger partial charge on any atom is 0.327 e. The van der Waals surface area contributed by atoms with Crippen molar-refractivity contribution in [2.24, 2.45) is 7.05 Å². The average molecular weight is 223 g/mol. The lowest BCUT2D eigenvalue weighted by Crippen LogP contribution is -2.28. The van der Waals surface area contributed by atoms with Crippen LogP contribution in [0.5, 0.6) is 5.75 Å². The van der Waals surface area contributed by atoms with Crippen molar-refractivity contribution in [3.05, 3.63) is 36.8 Å². The van der Waals surface area contributed by atoms with E-state index >= 15 is 0 Å². The van der Waals surface area contributed by atoms with Crippen LogP contribution in [-0.2, 0) is 7.05 Å². The molecule has 0 saturated carbocycles. The van der Waals surface area contributed by atoms with Crippen molar-refractivity contribution >= 4 is 11.0 Å². The van der Waals surface area contributed by atoms with Gasteiger partial charge in [0.1, 0.15) is 16.8 Å². The van der Waals surface area contributed by atoms with E-state index in [1.807, 2.05) is 4.98 Å². The van der Waals surface area contributed by atoms with Gasteiger partial charge in [-0.1, -0.05) is 0 Å². The second-order valence-corrected chi connectivity index (χ2v) is 3.47. The third kappa shape index (κ3) is 1.18. The number of aromatic nitrogens is 3. The Bertz CT molecular complexity index is 750. The van der Waals surface area contributed by atoms with Gasteiger partial charge in [0.15, 0.2) is 0 Å². The van der Waals surface area contributed by atoms with Crippen molar-refractivity contribution in [2.75, 3.05) is 0 Å². The monoisotopic (exact) mass is 223 g/mol. The molecule has 0 bridgehead atoms. The van der Waals surface area contributed by atoms with Crippen molar-refractivity contribution in [3.8, 4) is 5.75 Å². The Morgan fingerprint density at radius 2 is 1.81 bits per heavy atom. The number of rotatable bonds is 0. The van der Waals surface area contributed by atoms with Gasteiger partial charge in [-0.05, 0) is 6.92 Å². The highest BCUT2D eigenvalue weighted by molar-refractivity contribution is 5.81. The summed E-state index contributed by atoms with van der Waals surface area (Å²) < 4.78 is 1.11. The molecule has 84 valence electrons. The maximum absolute atomic E-state index is 11.6. The van der Waals surface area contributed by atoms with Gasteiger partial charge in [-0.15, -0.1) is 0 Å². The van der Waals surface area contributed by atoms with E-state index in [0.717, 1.165) is 4.57 Å². The van der Waals surface area contributed by atoms with Gasteiger partial charge in [-0.25, -0.2) is 4.79 Å². The van der Waals surface area contributed by atoms with Gasteiger partial charge in [0, 0.05) is 7.05 Å². The van der Waals surface area contributed by atoms with Crippen molar-refractivity contribution in [2.45, 2.75) is 6.92 Å². The van der Waals surface area contributed by atoms with Gasteiger partial charge in [0.05, 0.1) is 5.56 Å². The molecule has 0 aliphatic carbocycles. The van der Waals surface area contributed by atoms with Gasteiger partial charge >= 0.3 is 5.69 Å². The fourth-order valence-electron chi connectivity index (χ4n) is 1.59. The second kappa shape index (κ2) is 3.09.